The molecule has 0 saturated carbocycles. The first-order chi connectivity index (χ1) is 14.0. The maximum atomic E-state index is 13.0. The van der Waals surface area contributed by atoms with Gasteiger partial charge in [-0.2, -0.15) is 0 Å². The van der Waals surface area contributed by atoms with Gasteiger partial charge in [-0.05, 0) is 60.2 Å². The first kappa shape index (κ1) is 18.6. The number of halogens is 1. The Labute approximate surface area is 165 Å². The van der Waals surface area contributed by atoms with Crippen molar-refractivity contribution in [3.05, 3.63) is 101 Å². The third-order valence-corrected chi connectivity index (χ3v) is 4.60. The number of carbonyl (C=O) groups excluding carboxylic acids is 3. The second kappa shape index (κ2) is 7.67. The monoisotopic (exact) mass is 390 g/mol. The van der Waals surface area contributed by atoms with Gasteiger partial charge in [-0.3, -0.25) is 4.79 Å². The minimum Gasteiger partial charge on any atom is -0.446 e. The number of hydrogen-bond donors (Lipinski definition) is 0. The van der Waals surface area contributed by atoms with Gasteiger partial charge in [0.25, 0.3) is 0 Å². The van der Waals surface area contributed by atoms with E-state index < -0.39 is 23.9 Å². The summed E-state index contributed by atoms with van der Waals surface area (Å²) in [4.78, 5) is 36.8. The Balaban J connectivity index is 1.44. The third kappa shape index (κ3) is 3.91. The number of fused-ring (bicyclic) bond motifs is 1. The highest BCUT2D eigenvalue weighted by Crippen LogP contribution is 2.22. The molecule has 0 amide bonds. The summed E-state index contributed by atoms with van der Waals surface area (Å²) in [6, 6.07) is 18.2. The van der Waals surface area contributed by atoms with E-state index in [2.05, 4.69) is 0 Å². The Hall–Kier alpha value is -3.80. The van der Waals surface area contributed by atoms with E-state index in [1.54, 1.807) is 24.3 Å². The smallest absolute Gasteiger partial charge is 0.353 e. The molecule has 4 rings (SSSR count). The average molecular weight is 390 g/mol. The second-order valence-electron chi connectivity index (χ2n) is 6.54. The van der Waals surface area contributed by atoms with Crippen molar-refractivity contribution in [2.45, 2.75) is 12.5 Å². The molecule has 0 unspecified atom stereocenters. The zero-order chi connectivity index (χ0) is 20.4. The van der Waals surface area contributed by atoms with Gasteiger partial charge in [-0.15, -0.1) is 0 Å². The van der Waals surface area contributed by atoms with Crippen molar-refractivity contribution in [1.29, 1.82) is 0 Å². The van der Waals surface area contributed by atoms with Crippen LogP contribution in [0.25, 0.3) is 0 Å². The molecule has 0 spiro atoms. The summed E-state index contributed by atoms with van der Waals surface area (Å²) in [5, 5.41) is 0. The van der Waals surface area contributed by atoms with Gasteiger partial charge in [0.05, 0.1) is 5.56 Å². The van der Waals surface area contributed by atoms with Crippen molar-refractivity contribution >= 4 is 17.7 Å². The quantitative estimate of drug-likeness (QED) is 0.386. The molecule has 0 aromatic heterocycles. The van der Waals surface area contributed by atoms with Crippen molar-refractivity contribution in [2.75, 3.05) is 0 Å². The minimum absolute atomic E-state index is 0.223. The predicted octanol–water partition coefficient (Wildman–Crippen LogP) is 3.74. The first-order valence-electron chi connectivity index (χ1n) is 8.92. The van der Waals surface area contributed by atoms with E-state index in [-0.39, 0.29) is 18.0 Å². The number of ketones is 1. The van der Waals surface area contributed by atoms with Gasteiger partial charge in [0.15, 0.2) is 5.78 Å². The molecule has 0 saturated heterocycles. The number of cyclic esters (lactones) is 1. The maximum Gasteiger partial charge on any atom is 0.353 e. The second-order valence-corrected chi connectivity index (χ2v) is 6.54. The summed E-state index contributed by atoms with van der Waals surface area (Å²) in [7, 11) is 0. The molecule has 1 atom stereocenters. The molecular formula is C23H15FO5. The van der Waals surface area contributed by atoms with Crippen LogP contribution in [0.4, 0.5) is 4.39 Å². The van der Waals surface area contributed by atoms with E-state index in [1.165, 1.54) is 48.5 Å². The van der Waals surface area contributed by atoms with Crippen LogP contribution in [0, 0.1) is 5.82 Å². The Morgan fingerprint density at radius 2 is 1.52 bits per heavy atom. The number of esters is 2. The van der Waals surface area contributed by atoms with Crippen LogP contribution in [-0.2, 0) is 16.0 Å². The van der Waals surface area contributed by atoms with Crippen molar-refractivity contribution in [3.63, 3.8) is 0 Å². The molecule has 6 heteroatoms. The summed E-state index contributed by atoms with van der Waals surface area (Å²) in [5.41, 5.74) is 1.89. The Kier molecular flexibility index (Phi) is 4.91. The number of carbonyl (C=O) groups is 3. The fraction of sp³-hybridized carbons (Fsp3) is 0.0870. The zero-order valence-corrected chi connectivity index (χ0v) is 15.1. The molecule has 0 radical (unpaired) electrons. The molecule has 1 aliphatic heterocycles. The molecule has 0 fully saturated rings. The summed E-state index contributed by atoms with van der Waals surface area (Å²) in [6.07, 6.45) is -0.792. The fourth-order valence-electron chi connectivity index (χ4n) is 3.09. The van der Waals surface area contributed by atoms with Gasteiger partial charge in [0, 0.05) is 17.5 Å². The topological polar surface area (TPSA) is 69.7 Å². The highest BCUT2D eigenvalue weighted by atomic mass is 19.1. The van der Waals surface area contributed by atoms with Crippen molar-refractivity contribution in [2.24, 2.45) is 0 Å². The lowest BCUT2D eigenvalue weighted by Crippen LogP contribution is -2.36. The Morgan fingerprint density at radius 1 is 0.897 bits per heavy atom. The van der Waals surface area contributed by atoms with Crippen LogP contribution < -0.4 is 4.74 Å². The van der Waals surface area contributed by atoms with Crippen LogP contribution in [-0.4, -0.2) is 23.8 Å². The molecule has 0 aliphatic carbocycles. The highest BCUT2D eigenvalue weighted by Gasteiger charge is 2.32. The van der Waals surface area contributed by atoms with Gasteiger partial charge in [-0.25, -0.2) is 14.0 Å². The summed E-state index contributed by atoms with van der Waals surface area (Å²) in [5.74, 6) is -1.73. The minimum atomic E-state index is -1.03. The molecule has 144 valence electrons. The molecule has 3 aromatic rings. The van der Waals surface area contributed by atoms with E-state index in [1.807, 2.05) is 0 Å². The van der Waals surface area contributed by atoms with Crippen molar-refractivity contribution < 1.29 is 28.2 Å². The normalized spacial score (nSPS) is 15.2. The summed E-state index contributed by atoms with van der Waals surface area (Å²) in [6.45, 7) is 0. The number of hydrogen-bond acceptors (Lipinski definition) is 5. The summed E-state index contributed by atoms with van der Waals surface area (Å²) >= 11 is 0. The molecule has 3 aromatic carbocycles. The first-order valence-corrected chi connectivity index (χ1v) is 8.92. The Morgan fingerprint density at radius 3 is 2.21 bits per heavy atom. The van der Waals surface area contributed by atoms with Gasteiger partial charge in [0.2, 0.25) is 6.10 Å². The molecule has 5 nitrogen and oxygen atoms in total. The fourth-order valence-corrected chi connectivity index (χ4v) is 3.09. The van der Waals surface area contributed by atoms with Crippen molar-refractivity contribution in [1.82, 2.24) is 0 Å². The predicted molar refractivity (Wildman–Crippen MR) is 101 cm³/mol. The number of ether oxygens (including phenoxy) is 2. The zero-order valence-electron chi connectivity index (χ0n) is 15.1. The molecule has 1 aliphatic rings. The summed E-state index contributed by atoms with van der Waals surface area (Å²) < 4.78 is 23.5. The SMILES string of the molecule is O=C(c1ccc(F)cc1)c1ccc(OC(=O)[C@H]2Cc3ccccc3C(=O)O2)cc1. The maximum absolute atomic E-state index is 13.0. The molecule has 0 N–H and O–H groups in total. The third-order valence-electron chi connectivity index (χ3n) is 4.60. The molecule has 0 bridgehead atoms. The van der Waals surface area contributed by atoms with E-state index in [0.29, 0.717) is 16.7 Å². The van der Waals surface area contributed by atoms with Gasteiger partial charge >= 0.3 is 11.9 Å². The Bertz CT molecular complexity index is 1090. The van der Waals surface area contributed by atoms with E-state index >= 15 is 0 Å². The average Bonchev–Trinajstić information content (AvgIpc) is 2.74. The van der Waals surface area contributed by atoms with Gasteiger partial charge in [-0.1, -0.05) is 18.2 Å². The number of benzene rings is 3. The van der Waals surface area contributed by atoms with Crippen LogP contribution in [0.2, 0.25) is 0 Å². The van der Waals surface area contributed by atoms with Crippen molar-refractivity contribution in [3.8, 4) is 5.75 Å². The van der Waals surface area contributed by atoms with Crippen LogP contribution in [0.5, 0.6) is 5.75 Å². The molecular weight excluding hydrogens is 375 g/mol. The standard InChI is InChI=1S/C23H15FO5/c24-17-9-5-14(6-10-17)21(25)15-7-11-18(12-8-15)28-23(27)20-13-16-3-1-2-4-19(16)22(26)29-20/h1-12,20H,13H2/t20-/m1/s1. The lowest BCUT2D eigenvalue weighted by Gasteiger charge is -2.23. The lowest BCUT2D eigenvalue weighted by molar-refractivity contribution is -0.144. The lowest BCUT2D eigenvalue weighted by atomic mass is 9.99. The highest BCUT2D eigenvalue weighted by molar-refractivity contribution is 6.09. The van der Waals surface area contributed by atoms with Crippen LogP contribution in [0.3, 0.4) is 0 Å². The van der Waals surface area contributed by atoms with E-state index in [9.17, 15) is 18.8 Å². The largest absolute Gasteiger partial charge is 0.446 e. The van der Waals surface area contributed by atoms with E-state index in [0.717, 1.165) is 5.56 Å². The van der Waals surface area contributed by atoms with Gasteiger partial charge in [0.1, 0.15) is 11.6 Å². The van der Waals surface area contributed by atoms with Crippen LogP contribution in [0.1, 0.15) is 31.8 Å². The molecule has 1 heterocycles. The van der Waals surface area contributed by atoms with Crippen LogP contribution >= 0.6 is 0 Å². The number of rotatable bonds is 4. The van der Waals surface area contributed by atoms with Crippen LogP contribution in [0.15, 0.2) is 72.8 Å². The molecule has 29 heavy (non-hydrogen) atoms. The van der Waals surface area contributed by atoms with E-state index in [4.69, 9.17) is 9.47 Å². The van der Waals surface area contributed by atoms with Gasteiger partial charge < -0.3 is 9.47 Å².